The maximum Gasteiger partial charge on any atom is 0.132 e. The van der Waals surface area contributed by atoms with E-state index in [0.29, 0.717) is 0 Å². The van der Waals surface area contributed by atoms with Crippen LogP contribution in [0.3, 0.4) is 0 Å². The van der Waals surface area contributed by atoms with Crippen LogP contribution in [0.25, 0.3) is 33.4 Å². The standard InChI is InChI=1S/C27H21F.H3N/c1-27(2)22-16-10-9-15-20(22)25-23(28)17-21(18-11-5-3-6-12-18)24(26(25)27)19-13-7-4-8-14-19;/h3-17H,1-2H3;1H3. The molecule has 0 amide bonds. The molecule has 0 heterocycles. The first-order chi connectivity index (χ1) is 13.6. The molecule has 4 aromatic rings. The summed E-state index contributed by atoms with van der Waals surface area (Å²) in [6, 6.07) is 30.4. The first-order valence-corrected chi connectivity index (χ1v) is 9.67. The van der Waals surface area contributed by atoms with E-state index in [1.165, 1.54) is 5.56 Å². The largest absolute Gasteiger partial charge is 0.344 e. The Bertz CT molecular complexity index is 1180. The van der Waals surface area contributed by atoms with Crippen LogP contribution in [0.5, 0.6) is 0 Å². The maximum absolute atomic E-state index is 15.6. The summed E-state index contributed by atoms with van der Waals surface area (Å²) < 4.78 is 15.6. The van der Waals surface area contributed by atoms with Gasteiger partial charge in [0.2, 0.25) is 0 Å². The van der Waals surface area contributed by atoms with Gasteiger partial charge in [-0.25, -0.2) is 4.39 Å². The Morgan fingerprint density at radius 1 is 0.621 bits per heavy atom. The van der Waals surface area contributed by atoms with Crippen molar-refractivity contribution in [3.05, 3.63) is 108 Å². The molecule has 0 unspecified atom stereocenters. The summed E-state index contributed by atoms with van der Waals surface area (Å²) in [6.45, 7) is 4.41. The van der Waals surface area contributed by atoms with Crippen LogP contribution >= 0.6 is 0 Å². The lowest BCUT2D eigenvalue weighted by atomic mass is 9.76. The minimum atomic E-state index is -0.275. The molecule has 0 aliphatic heterocycles. The molecular weight excluding hydrogens is 357 g/mol. The molecule has 144 valence electrons. The van der Waals surface area contributed by atoms with Crippen molar-refractivity contribution in [2.24, 2.45) is 0 Å². The van der Waals surface area contributed by atoms with Crippen molar-refractivity contribution in [1.82, 2.24) is 6.15 Å². The predicted octanol–water partition coefficient (Wildman–Crippen LogP) is 7.63. The summed E-state index contributed by atoms with van der Waals surface area (Å²) in [5, 5.41) is 0. The summed E-state index contributed by atoms with van der Waals surface area (Å²) in [6.07, 6.45) is 0. The van der Waals surface area contributed by atoms with Gasteiger partial charge in [-0.3, -0.25) is 0 Å². The Balaban J connectivity index is 0.00000205. The van der Waals surface area contributed by atoms with Crippen LogP contribution in [-0.4, -0.2) is 0 Å². The van der Waals surface area contributed by atoms with Crippen molar-refractivity contribution < 1.29 is 4.39 Å². The second-order valence-corrected chi connectivity index (χ2v) is 7.93. The SMILES string of the molecule is CC1(C)c2ccccc2-c2c(F)cc(-c3ccccc3)c(-c3ccccc3)c21.N. The molecule has 0 radical (unpaired) electrons. The Labute approximate surface area is 171 Å². The lowest BCUT2D eigenvalue weighted by Crippen LogP contribution is -2.17. The molecule has 1 aliphatic carbocycles. The fraction of sp³-hybridized carbons (Fsp3) is 0.111. The third-order valence-corrected chi connectivity index (χ3v) is 5.92. The molecule has 0 fully saturated rings. The molecule has 0 saturated heterocycles. The number of hydrogen-bond acceptors (Lipinski definition) is 1. The minimum absolute atomic E-state index is 0. The molecule has 4 aromatic carbocycles. The Morgan fingerprint density at radius 3 is 1.83 bits per heavy atom. The van der Waals surface area contributed by atoms with Gasteiger partial charge in [-0.15, -0.1) is 0 Å². The fourth-order valence-electron chi connectivity index (χ4n) is 4.67. The molecule has 1 nitrogen and oxygen atoms in total. The van der Waals surface area contributed by atoms with Crippen LogP contribution in [0.2, 0.25) is 0 Å². The van der Waals surface area contributed by atoms with E-state index in [9.17, 15) is 0 Å². The van der Waals surface area contributed by atoms with Gasteiger partial charge in [-0.05, 0) is 45.0 Å². The van der Waals surface area contributed by atoms with Crippen LogP contribution in [0.4, 0.5) is 4.39 Å². The monoisotopic (exact) mass is 381 g/mol. The van der Waals surface area contributed by atoms with Gasteiger partial charge < -0.3 is 6.15 Å². The first kappa shape index (κ1) is 19.1. The van der Waals surface area contributed by atoms with Gasteiger partial charge in [-0.1, -0.05) is 98.8 Å². The average molecular weight is 381 g/mol. The van der Waals surface area contributed by atoms with Crippen molar-refractivity contribution >= 4 is 0 Å². The van der Waals surface area contributed by atoms with E-state index in [4.69, 9.17) is 0 Å². The second kappa shape index (κ2) is 6.98. The Hall–Kier alpha value is -3.23. The Morgan fingerprint density at radius 2 is 1.17 bits per heavy atom. The third-order valence-electron chi connectivity index (χ3n) is 5.92. The van der Waals surface area contributed by atoms with Crippen molar-refractivity contribution in [2.75, 3.05) is 0 Å². The van der Waals surface area contributed by atoms with Gasteiger partial charge in [0.05, 0.1) is 0 Å². The zero-order valence-electron chi connectivity index (χ0n) is 16.7. The van der Waals surface area contributed by atoms with Gasteiger partial charge in [-0.2, -0.15) is 0 Å². The molecule has 29 heavy (non-hydrogen) atoms. The van der Waals surface area contributed by atoms with Gasteiger partial charge in [0.25, 0.3) is 0 Å². The highest BCUT2D eigenvalue weighted by molar-refractivity contribution is 5.95. The van der Waals surface area contributed by atoms with E-state index < -0.39 is 0 Å². The minimum Gasteiger partial charge on any atom is -0.344 e. The molecular formula is C27H24FN. The number of rotatable bonds is 2. The van der Waals surface area contributed by atoms with Crippen molar-refractivity contribution in [3.63, 3.8) is 0 Å². The van der Waals surface area contributed by atoms with Crippen LogP contribution in [-0.2, 0) is 5.41 Å². The second-order valence-electron chi connectivity index (χ2n) is 7.93. The van der Waals surface area contributed by atoms with Crippen LogP contribution in [0.15, 0.2) is 91.0 Å². The lowest BCUT2D eigenvalue weighted by molar-refractivity contribution is 0.622. The topological polar surface area (TPSA) is 35.0 Å². The summed E-state index contributed by atoms with van der Waals surface area (Å²) in [4.78, 5) is 0. The van der Waals surface area contributed by atoms with Crippen LogP contribution in [0.1, 0.15) is 25.0 Å². The number of hydrogen-bond donors (Lipinski definition) is 1. The van der Waals surface area contributed by atoms with Gasteiger partial charge in [0, 0.05) is 11.0 Å². The molecule has 1 aliphatic rings. The summed E-state index contributed by atoms with van der Waals surface area (Å²) >= 11 is 0. The van der Waals surface area contributed by atoms with Gasteiger partial charge in [0.15, 0.2) is 0 Å². The van der Waals surface area contributed by atoms with Crippen LogP contribution in [0, 0.1) is 5.82 Å². The highest BCUT2D eigenvalue weighted by Gasteiger charge is 2.40. The quantitative estimate of drug-likeness (QED) is 0.380. The van der Waals surface area contributed by atoms with Crippen molar-refractivity contribution in [1.29, 1.82) is 0 Å². The molecule has 0 aromatic heterocycles. The van der Waals surface area contributed by atoms with Crippen molar-refractivity contribution in [3.8, 4) is 33.4 Å². The van der Waals surface area contributed by atoms with Gasteiger partial charge in [0.1, 0.15) is 5.82 Å². The molecule has 0 bridgehead atoms. The normalized spacial score (nSPS) is 13.3. The molecule has 0 saturated carbocycles. The summed E-state index contributed by atoms with van der Waals surface area (Å²) in [5.41, 5.74) is 7.99. The van der Waals surface area contributed by atoms with Crippen LogP contribution < -0.4 is 6.15 Å². The van der Waals surface area contributed by atoms with Gasteiger partial charge >= 0.3 is 0 Å². The highest BCUT2D eigenvalue weighted by atomic mass is 19.1. The molecule has 2 heteroatoms. The van der Waals surface area contributed by atoms with E-state index in [-0.39, 0.29) is 17.4 Å². The smallest absolute Gasteiger partial charge is 0.132 e. The number of halogens is 1. The number of fused-ring (bicyclic) bond motifs is 3. The summed E-state index contributed by atoms with van der Waals surface area (Å²) in [7, 11) is 0. The first-order valence-electron chi connectivity index (χ1n) is 9.67. The average Bonchev–Trinajstić information content (AvgIpc) is 2.98. The lowest BCUT2D eigenvalue weighted by Gasteiger charge is -2.26. The third kappa shape index (κ3) is 2.80. The number of benzene rings is 4. The van der Waals surface area contributed by atoms with E-state index in [1.807, 2.05) is 42.5 Å². The van der Waals surface area contributed by atoms with E-state index >= 15 is 4.39 Å². The van der Waals surface area contributed by atoms with E-state index in [1.54, 1.807) is 6.07 Å². The fourth-order valence-corrected chi connectivity index (χ4v) is 4.67. The van der Waals surface area contributed by atoms with E-state index in [2.05, 4.69) is 56.3 Å². The zero-order chi connectivity index (χ0) is 19.3. The molecule has 0 atom stereocenters. The van der Waals surface area contributed by atoms with E-state index in [0.717, 1.165) is 38.9 Å². The van der Waals surface area contributed by atoms with Crippen molar-refractivity contribution in [2.45, 2.75) is 19.3 Å². The highest BCUT2D eigenvalue weighted by Crippen LogP contribution is 2.55. The molecule has 0 spiro atoms. The molecule has 5 rings (SSSR count). The predicted molar refractivity (Wildman–Crippen MR) is 120 cm³/mol. The maximum atomic E-state index is 15.6. The Kier molecular flexibility index (Phi) is 4.60. The zero-order valence-corrected chi connectivity index (χ0v) is 16.7. The molecule has 3 N–H and O–H groups in total. The summed E-state index contributed by atoms with van der Waals surface area (Å²) in [5.74, 6) is -0.147.